The first-order valence-electron chi connectivity index (χ1n) is 7.85. The van der Waals surface area contributed by atoms with Crippen LogP contribution in [0.15, 0.2) is 28.7 Å². The molecule has 0 spiro atoms. The van der Waals surface area contributed by atoms with E-state index in [-0.39, 0.29) is 0 Å². The van der Waals surface area contributed by atoms with Crippen LogP contribution in [0.3, 0.4) is 0 Å². The molecular weight excluding hydrogens is 330 g/mol. The van der Waals surface area contributed by atoms with Gasteiger partial charge in [0.2, 0.25) is 0 Å². The van der Waals surface area contributed by atoms with E-state index < -0.39 is 0 Å². The van der Waals surface area contributed by atoms with E-state index in [0.717, 1.165) is 49.9 Å². The zero-order valence-electron chi connectivity index (χ0n) is 12.4. The third-order valence-corrected chi connectivity index (χ3v) is 5.12. The van der Waals surface area contributed by atoms with Crippen molar-refractivity contribution in [2.75, 3.05) is 57.8 Å². The smallest absolute Gasteiger partial charge is 0.0594 e. The summed E-state index contributed by atoms with van der Waals surface area (Å²) >= 11 is 3.58. The lowest BCUT2D eigenvalue weighted by molar-refractivity contribution is 0.0186. The molecule has 0 aliphatic carbocycles. The van der Waals surface area contributed by atoms with E-state index in [1.54, 1.807) is 0 Å². The van der Waals surface area contributed by atoms with Crippen molar-refractivity contribution in [3.05, 3.63) is 28.7 Å². The average molecular weight is 354 g/mol. The molecule has 0 radical (unpaired) electrons. The number of halogens is 1. The topological polar surface area (TPSA) is 27.7 Å². The minimum Gasteiger partial charge on any atom is -0.383 e. The van der Waals surface area contributed by atoms with Crippen molar-refractivity contribution in [3.8, 4) is 0 Å². The predicted molar refractivity (Wildman–Crippen MR) is 89.9 cm³/mol. The van der Waals surface area contributed by atoms with E-state index in [0.29, 0.717) is 0 Å². The van der Waals surface area contributed by atoms with Gasteiger partial charge >= 0.3 is 0 Å². The number of ether oxygens (including phenoxy) is 1. The minimum atomic E-state index is 0.734. The molecule has 0 amide bonds. The van der Waals surface area contributed by atoms with E-state index in [1.165, 1.54) is 25.2 Å². The summed E-state index contributed by atoms with van der Waals surface area (Å²) in [7, 11) is 0. The molecule has 1 N–H and O–H groups in total. The maximum absolute atomic E-state index is 5.44. The molecule has 116 valence electrons. The van der Waals surface area contributed by atoms with Gasteiger partial charge in [-0.25, -0.2) is 0 Å². The molecule has 3 rings (SSSR count). The van der Waals surface area contributed by atoms with E-state index >= 15 is 0 Å². The van der Waals surface area contributed by atoms with Gasteiger partial charge in [0, 0.05) is 48.9 Å². The van der Waals surface area contributed by atoms with Gasteiger partial charge in [0.15, 0.2) is 0 Å². The van der Waals surface area contributed by atoms with Gasteiger partial charge in [-0.3, -0.25) is 9.80 Å². The Hall–Kier alpha value is -0.620. The molecule has 5 heteroatoms. The number of hydrogen-bond acceptors (Lipinski definition) is 4. The zero-order chi connectivity index (χ0) is 14.5. The number of para-hydroxylation sites is 1. The minimum absolute atomic E-state index is 0.734. The van der Waals surface area contributed by atoms with Gasteiger partial charge in [-0.2, -0.15) is 0 Å². The summed E-state index contributed by atoms with van der Waals surface area (Å²) in [6, 6.07) is 9.04. The Morgan fingerprint density at radius 3 is 2.81 bits per heavy atom. The third kappa shape index (κ3) is 4.19. The summed E-state index contributed by atoms with van der Waals surface area (Å²) in [4.78, 5) is 5.18. The summed E-state index contributed by atoms with van der Waals surface area (Å²) in [6.07, 6.45) is 1.30. The fraction of sp³-hybridized carbons (Fsp3) is 0.625. The normalized spacial score (nSPS) is 24.3. The van der Waals surface area contributed by atoms with Crippen LogP contribution in [0.4, 0.5) is 5.69 Å². The molecule has 2 heterocycles. The van der Waals surface area contributed by atoms with E-state index in [2.05, 4.69) is 49.2 Å². The van der Waals surface area contributed by atoms with Gasteiger partial charge < -0.3 is 10.1 Å². The van der Waals surface area contributed by atoms with Crippen LogP contribution in [0.2, 0.25) is 0 Å². The summed E-state index contributed by atoms with van der Waals surface area (Å²) in [5.74, 6) is 0. The van der Waals surface area contributed by atoms with Gasteiger partial charge in [0.05, 0.1) is 13.2 Å². The van der Waals surface area contributed by atoms with Crippen molar-refractivity contribution in [3.63, 3.8) is 0 Å². The third-order valence-electron chi connectivity index (χ3n) is 4.43. The quantitative estimate of drug-likeness (QED) is 0.878. The Morgan fingerprint density at radius 1 is 1.19 bits per heavy atom. The first-order chi connectivity index (χ1) is 10.3. The molecule has 0 aromatic heterocycles. The monoisotopic (exact) mass is 353 g/mol. The molecule has 2 aliphatic rings. The highest BCUT2D eigenvalue weighted by molar-refractivity contribution is 9.10. The SMILES string of the molecule is Brc1ccccc1NCCN1CCC(N2CCOCC2)C1. The van der Waals surface area contributed by atoms with Gasteiger partial charge in [0.25, 0.3) is 0 Å². The molecule has 1 aromatic rings. The average Bonchev–Trinajstić information content (AvgIpc) is 2.99. The maximum atomic E-state index is 5.44. The highest BCUT2D eigenvalue weighted by Crippen LogP contribution is 2.21. The van der Waals surface area contributed by atoms with Gasteiger partial charge in [-0.15, -0.1) is 0 Å². The van der Waals surface area contributed by atoms with Crippen LogP contribution in [-0.2, 0) is 4.74 Å². The van der Waals surface area contributed by atoms with Crippen LogP contribution in [0.25, 0.3) is 0 Å². The van der Waals surface area contributed by atoms with Crippen molar-refractivity contribution >= 4 is 21.6 Å². The molecule has 2 saturated heterocycles. The second-order valence-electron chi connectivity index (χ2n) is 5.80. The number of benzene rings is 1. The number of anilines is 1. The molecule has 21 heavy (non-hydrogen) atoms. The molecule has 0 saturated carbocycles. The summed E-state index contributed by atoms with van der Waals surface area (Å²) in [6.45, 7) is 8.56. The molecule has 1 atom stereocenters. The van der Waals surface area contributed by atoms with Crippen molar-refractivity contribution in [2.24, 2.45) is 0 Å². The first kappa shape index (κ1) is 15.3. The molecule has 0 bridgehead atoms. The zero-order valence-corrected chi connectivity index (χ0v) is 14.0. The lowest BCUT2D eigenvalue weighted by atomic mass is 10.2. The van der Waals surface area contributed by atoms with Gasteiger partial charge in [0.1, 0.15) is 0 Å². The standard InChI is InChI=1S/C16H24BrN3O/c17-15-3-1-2-4-16(15)18-6-8-19-7-5-14(13-19)20-9-11-21-12-10-20/h1-4,14,18H,5-13H2. The lowest BCUT2D eigenvalue weighted by Crippen LogP contribution is -2.44. The number of hydrogen-bond donors (Lipinski definition) is 1. The number of nitrogens with zero attached hydrogens (tertiary/aromatic N) is 2. The summed E-state index contributed by atoms with van der Waals surface area (Å²) in [5, 5.41) is 3.51. The van der Waals surface area contributed by atoms with Crippen molar-refractivity contribution in [2.45, 2.75) is 12.5 Å². The van der Waals surface area contributed by atoms with Crippen molar-refractivity contribution in [1.82, 2.24) is 9.80 Å². The van der Waals surface area contributed by atoms with Crippen LogP contribution in [0, 0.1) is 0 Å². The number of likely N-dealkylation sites (tertiary alicyclic amines) is 1. The van der Waals surface area contributed by atoms with Crippen LogP contribution in [0.5, 0.6) is 0 Å². The highest BCUT2D eigenvalue weighted by atomic mass is 79.9. The summed E-state index contributed by atoms with van der Waals surface area (Å²) in [5.41, 5.74) is 1.18. The fourth-order valence-corrected chi connectivity index (χ4v) is 3.63. The maximum Gasteiger partial charge on any atom is 0.0594 e. The van der Waals surface area contributed by atoms with Crippen LogP contribution in [0.1, 0.15) is 6.42 Å². The Balaban J connectivity index is 1.40. The Labute approximate surface area is 135 Å². The van der Waals surface area contributed by atoms with E-state index in [4.69, 9.17) is 4.74 Å². The number of rotatable bonds is 5. The Bertz CT molecular complexity index is 451. The molecule has 2 fully saturated rings. The van der Waals surface area contributed by atoms with E-state index in [9.17, 15) is 0 Å². The number of nitrogens with one attached hydrogen (secondary N) is 1. The van der Waals surface area contributed by atoms with Crippen LogP contribution < -0.4 is 5.32 Å². The van der Waals surface area contributed by atoms with Crippen molar-refractivity contribution < 1.29 is 4.74 Å². The molecule has 1 unspecified atom stereocenters. The Kier molecular flexibility index (Phi) is 5.52. The molecule has 1 aromatic carbocycles. The van der Waals surface area contributed by atoms with Crippen LogP contribution >= 0.6 is 15.9 Å². The van der Waals surface area contributed by atoms with Gasteiger partial charge in [-0.1, -0.05) is 12.1 Å². The predicted octanol–water partition coefficient (Wildman–Crippen LogP) is 2.27. The van der Waals surface area contributed by atoms with Crippen molar-refractivity contribution in [1.29, 1.82) is 0 Å². The van der Waals surface area contributed by atoms with Gasteiger partial charge in [-0.05, 0) is 41.0 Å². The molecule has 2 aliphatic heterocycles. The lowest BCUT2D eigenvalue weighted by Gasteiger charge is -2.32. The highest BCUT2D eigenvalue weighted by Gasteiger charge is 2.28. The van der Waals surface area contributed by atoms with Crippen LogP contribution in [-0.4, -0.2) is 68.3 Å². The van der Waals surface area contributed by atoms with E-state index in [1.807, 2.05) is 6.07 Å². The second-order valence-corrected chi connectivity index (χ2v) is 6.65. The first-order valence-corrected chi connectivity index (χ1v) is 8.65. The molecule has 4 nitrogen and oxygen atoms in total. The number of morpholine rings is 1. The Morgan fingerprint density at radius 2 is 2.00 bits per heavy atom. The molecular formula is C16H24BrN3O. The second kappa shape index (κ2) is 7.58. The largest absolute Gasteiger partial charge is 0.383 e. The fourth-order valence-electron chi connectivity index (χ4n) is 3.21. The summed E-state index contributed by atoms with van der Waals surface area (Å²) < 4.78 is 6.58.